The van der Waals surface area contributed by atoms with Gasteiger partial charge in [-0.05, 0) is 38.0 Å². The fourth-order valence-corrected chi connectivity index (χ4v) is 3.57. The molecule has 1 unspecified atom stereocenters. The molecule has 2 aliphatic heterocycles. The Morgan fingerprint density at radius 1 is 1.33 bits per heavy atom. The molecule has 0 amide bonds. The van der Waals surface area contributed by atoms with Crippen molar-refractivity contribution in [2.45, 2.75) is 39.0 Å². The van der Waals surface area contributed by atoms with Crippen LogP contribution in [0.4, 0.5) is 11.4 Å². The third-order valence-corrected chi connectivity index (χ3v) is 4.81. The number of likely N-dealkylation sites (N-methyl/N-ethyl adjacent to an activating group) is 1. The zero-order valence-electron chi connectivity index (χ0n) is 13.4. The summed E-state index contributed by atoms with van der Waals surface area (Å²) in [7, 11) is 2.10. The minimum Gasteiger partial charge on any atom is -0.348 e. The summed E-state index contributed by atoms with van der Waals surface area (Å²) in [6.45, 7) is 14.9. The van der Waals surface area contributed by atoms with Gasteiger partial charge in [0.2, 0.25) is 0 Å². The minimum absolute atomic E-state index is 0.00347. The lowest BCUT2D eigenvalue weighted by molar-refractivity contribution is 0.514. The monoisotopic (exact) mass is 281 g/mol. The number of aliphatic imine (C=N–C) groups is 1. The number of fused-ring (bicyclic) bond motifs is 2. The van der Waals surface area contributed by atoms with Crippen molar-refractivity contribution in [1.29, 1.82) is 0 Å². The van der Waals surface area contributed by atoms with Gasteiger partial charge in [-0.25, -0.2) is 4.99 Å². The van der Waals surface area contributed by atoms with Crippen molar-refractivity contribution >= 4 is 22.9 Å². The molecular weight excluding hydrogens is 258 g/mol. The molecule has 0 bridgehead atoms. The molecule has 0 aliphatic carbocycles. The van der Waals surface area contributed by atoms with E-state index in [1.54, 1.807) is 0 Å². The molecule has 0 fully saturated rings. The van der Waals surface area contributed by atoms with Gasteiger partial charge in [0, 0.05) is 35.1 Å². The Hall–Kier alpha value is -2.03. The molecule has 110 valence electrons. The summed E-state index contributed by atoms with van der Waals surface area (Å²) in [6, 6.07) is 4.42. The van der Waals surface area contributed by atoms with Crippen LogP contribution in [0.3, 0.4) is 0 Å². The molecule has 3 rings (SSSR count). The molecule has 1 aromatic rings. The van der Waals surface area contributed by atoms with Crippen molar-refractivity contribution in [3.8, 4) is 0 Å². The van der Waals surface area contributed by atoms with E-state index in [1.807, 2.05) is 6.92 Å². The van der Waals surface area contributed by atoms with E-state index in [9.17, 15) is 0 Å². The first-order valence-corrected chi connectivity index (χ1v) is 7.51. The van der Waals surface area contributed by atoms with Gasteiger partial charge in [0.05, 0.1) is 5.69 Å². The van der Waals surface area contributed by atoms with Crippen LogP contribution in [0.5, 0.6) is 0 Å². The Labute approximate surface area is 127 Å². The van der Waals surface area contributed by atoms with Gasteiger partial charge in [0.1, 0.15) is 5.84 Å². The second-order valence-electron chi connectivity index (χ2n) is 6.28. The van der Waals surface area contributed by atoms with Gasteiger partial charge in [-0.15, -0.1) is 0 Å². The summed E-state index contributed by atoms with van der Waals surface area (Å²) in [5.74, 6) is 0.898. The molecule has 0 aromatic heterocycles. The van der Waals surface area contributed by atoms with E-state index in [4.69, 9.17) is 0 Å². The average Bonchev–Trinajstić information content (AvgIpc) is 2.60. The van der Waals surface area contributed by atoms with Crippen LogP contribution in [-0.4, -0.2) is 12.9 Å². The van der Waals surface area contributed by atoms with Crippen LogP contribution in [-0.2, 0) is 5.41 Å². The number of nitrogens with one attached hydrogen (secondary N) is 1. The highest BCUT2D eigenvalue weighted by Crippen LogP contribution is 2.51. The first-order valence-electron chi connectivity index (χ1n) is 7.51. The van der Waals surface area contributed by atoms with E-state index in [0.717, 1.165) is 35.6 Å². The molecule has 2 heterocycles. The number of anilines is 1. The van der Waals surface area contributed by atoms with Gasteiger partial charge < -0.3 is 10.2 Å². The number of amidine groups is 1. The van der Waals surface area contributed by atoms with Gasteiger partial charge >= 0.3 is 0 Å². The summed E-state index contributed by atoms with van der Waals surface area (Å²) in [5.41, 5.74) is 6.75. The van der Waals surface area contributed by atoms with Crippen LogP contribution in [0.25, 0.3) is 5.70 Å². The molecule has 1 N–H and O–H groups in total. The molecule has 1 aromatic carbocycles. The van der Waals surface area contributed by atoms with Crippen molar-refractivity contribution < 1.29 is 0 Å². The molecule has 3 heteroatoms. The van der Waals surface area contributed by atoms with E-state index in [0.29, 0.717) is 0 Å². The Morgan fingerprint density at radius 3 is 2.71 bits per heavy atom. The zero-order chi connectivity index (χ0) is 15.4. The number of benzene rings is 1. The quantitative estimate of drug-likeness (QED) is 0.873. The van der Waals surface area contributed by atoms with E-state index in [2.05, 4.69) is 61.4 Å². The van der Waals surface area contributed by atoms with E-state index >= 15 is 0 Å². The number of rotatable bonds is 2. The van der Waals surface area contributed by atoms with Crippen LogP contribution in [0, 0.1) is 0 Å². The van der Waals surface area contributed by atoms with Crippen molar-refractivity contribution in [2.24, 2.45) is 4.99 Å². The highest BCUT2D eigenvalue weighted by molar-refractivity contribution is 5.97. The number of allylic oxidation sites excluding steroid dienone is 1. The minimum atomic E-state index is 0.00347. The van der Waals surface area contributed by atoms with Crippen molar-refractivity contribution in [3.63, 3.8) is 0 Å². The highest BCUT2D eigenvalue weighted by Gasteiger charge is 2.41. The lowest BCUT2D eigenvalue weighted by atomic mass is 9.78. The molecule has 1 atom stereocenters. The summed E-state index contributed by atoms with van der Waals surface area (Å²) in [6.07, 6.45) is 2.24. The van der Waals surface area contributed by atoms with Crippen LogP contribution in [0.15, 0.2) is 36.0 Å². The molecule has 0 saturated heterocycles. The van der Waals surface area contributed by atoms with Gasteiger partial charge in [0.15, 0.2) is 0 Å². The number of hydrogen-bond acceptors (Lipinski definition) is 3. The molecular formula is C18H23N3. The standard InChI is InChI=1S/C18H23N3/c1-7-8-18(5)12(3)21(6)17-9-14-11(2)19-13(4)20-16(14)10-15(17)18/h9-10H,2-3,7-8H2,1,4-6H3,(H,19,20). The smallest absolute Gasteiger partial charge is 0.103 e. The Kier molecular flexibility index (Phi) is 2.97. The average molecular weight is 281 g/mol. The van der Waals surface area contributed by atoms with Crippen LogP contribution in [0.2, 0.25) is 0 Å². The van der Waals surface area contributed by atoms with Gasteiger partial charge in [-0.1, -0.05) is 26.5 Å². The van der Waals surface area contributed by atoms with E-state index in [-0.39, 0.29) is 5.41 Å². The first kappa shape index (κ1) is 13.9. The normalized spacial score (nSPS) is 23.6. The maximum Gasteiger partial charge on any atom is 0.103 e. The lowest BCUT2D eigenvalue weighted by Crippen LogP contribution is -2.25. The SMILES string of the molecule is C=C1NC(C)=Nc2cc3c(cc21)N(C)C(=C)C3(C)CCC. The fourth-order valence-electron chi connectivity index (χ4n) is 3.57. The summed E-state index contributed by atoms with van der Waals surface area (Å²) >= 11 is 0. The zero-order valence-corrected chi connectivity index (χ0v) is 13.4. The molecule has 21 heavy (non-hydrogen) atoms. The maximum atomic E-state index is 4.65. The Bertz CT molecular complexity index is 684. The van der Waals surface area contributed by atoms with Crippen LogP contribution in [0.1, 0.15) is 44.7 Å². The number of nitrogens with zero attached hydrogens (tertiary/aromatic N) is 2. The third kappa shape index (κ3) is 1.84. The summed E-state index contributed by atoms with van der Waals surface area (Å²) < 4.78 is 0. The number of hydrogen-bond donors (Lipinski definition) is 1. The topological polar surface area (TPSA) is 27.6 Å². The lowest BCUT2D eigenvalue weighted by Gasteiger charge is -2.27. The second kappa shape index (κ2) is 4.48. The fraction of sp³-hybridized carbons (Fsp3) is 0.389. The van der Waals surface area contributed by atoms with Crippen molar-refractivity contribution in [1.82, 2.24) is 5.32 Å². The van der Waals surface area contributed by atoms with Crippen LogP contribution >= 0.6 is 0 Å². The third-order valence-electron chi connectivity index (χ3n) is 4.81. The van der Waals surface area contributed by atoms with Gasteiger partial charge in [0.25, 0.3) is 0 Å². The van der Waals surface area contributed by atoms with Crippen molar-refractivity contribution in [2.75, 3.05) is 11.9 Å². The van der Waals surface area contributed by atoms with E-state index in [1.165, 1.54) is 16.9 Å². The van der Waals surface area contributed by atoms with Gasteiger partial charge in [-0.3, -0.25) is 0 Å². The molecule has 2 aliphatic rings. The highest BCUT2D eigenvalue weighted by atomic mass is 15.2. The maximum absolute atomic E-state index is 4.65. The predicted molar refractivity (Wildman–Crippen MR) is 91.2 cm³/mol. The molecule has 3 nitrogen and oxygen atoms in total. The predicted octanol–water partition coefficient (Wildman–Crippen LogP) is 4.33. The molecule has 0 spiro atoms. The Balaban J connectivity index is 2.24. The van der Waals surface area contributed by atoms with Gasteiger partial charge in [-0.2, -0.15) is 0 Å². The Morgan fingerprint density at radius 2 is 2.05 bits per heavy atom. The summed E-state index contributed by atoms with van der Waals surface area (Å²) in [4.78, 5) is 6.86. The molecule has 0 saturated carbocycles. The largest absolute Gasteiger partial charge is 0.348 e. The summed E-state index contributed by atoms with van der Waals surface area (Å²) in [5, 5.41) is 3.21. The molecule has 0 radical (unpaired) electrons. The van der Waals surface area contributed by atoms with Crippen molar-refractivity contribution in [3.05, 3.63) is 42.1 Å². The van der Waals surface area contributed by atoms with Crippen LogP contribution < -0.4 is 10.2 Å². The van der Waals surface area contributed by atoms with E-state index < -0.39 is 0 Å². The second-order valence-corrected chi connectivity index (χ2v) is 6.28. The first-order chi connectivity index (χ1) is 9.88.